The van der Waals surface area contributed by atoms with Crippen molar-refractivity contribution in [2.75, 3.05) is 19.1 Å². The maximum absolute atomic E-state index is 13.0. The van der Waals surface area contributed by atoms with Crippen LogP contribution in [0.4, 0.5) is 5.69 Å². The highest BCUT2D eigenvalue weighted by atomic mass is 32.1. The topological polar surface area (TPSA) is 114 Å². The third-order valence-corrected chi connectivity index (χ3v) is 4.89. The summed E-state index contributed by atoms with van der Waals surface area (Å²) in [6, 6.07) is 12.0. The fraction of sp³-hybridized carbons (Fsp3) is 0.200. The molecule has 0 spiro atoms. The number of hydrogen-bond donors (Lipinski definition) is 2. The van der Waals surface area contributed by atoms with Crippen molar-refractivity contribution in [1.29, 1.82) is 0 Å². The molecule has 3 rings (SSSR count). The van der Waals surface area contributed by atoms with Crippen LogP contribution in [-0.4, -0.2) is 48.1 Å². The van der Waals surface area contributed by atoms with Crippen molar-refractivity contribution >= 4 is 40.7 Å². The van der Waals surface area contributed by atoms with Gasteiger partial charge in [0, 0.05) is 5.56 Å². The maximum atomic E-state index is 13.0. The molecule has 10 heteroatoms. The monoisotopic (exact) mass is 428 g/mol. The van der Waals surface area contributed by atoms with E-state index in [4.69, 9.17) is 27.4 Å². The summed E-state index contributed by atoms with van der Waals surface area (Å²) in [5, 5.41) is 1.22. The lowest BCUT2D eigenvalue weighted by Crippen LogP contribution is -2.49. The zero-order valence-corrected chi connectivity index (χ0v) is 17.1. The first-order chi connectivity index (χ1) is 14.3. The second-order valence-corrected chi connectivity index (χ2v) is 6.75. The zero-order chi connectivity index (χ0) is 21.8. The minimum absolute atomic E-state index is 0.0262. The summed E-state index contributed by atoms with van der Waals surface area (Å²) in [6.07, 6.45) is -0.311. The lowest BCUT2D eigenvalue weighted by molar-refractivity contribution is -0.125. The van der Waals surface area contributed by atoms with Crippen molar-refractivity contribution in [3.63, 3.8) is 0 Å². The summed E-state index contributed by atoms with van der Waals surface area (Å²) in [4.78, 5) is 38.5. The number of amides is 3. The highest BCUT2D eigenvalue weighted by Gasteiger charge is 2.45. The molecular weight excluding hydrogens is 408 g/mol. The SMILES string of the molecule is COc1ccc(C(=O)NN2C(=S)N(c3ccc(OC)cc3)C(=O)[C@H]2CC(N)=O)cc1. The number of benzene rings is 2. The van der Waals surface area contributed by atoms with Crippen LogP contribution >= 0.6 is 12.2 Å². The van der Waals surface area contributed by atoms with Gasteiger partial charge in [0.2, 0.25) is 11.0 Å². The zero-order valence-electron chi connectivity index (χ0n) is 16.3. The van der Waals surface area contributed by atoms with E-state index in [-0.39, 0.29) is 11.5 Å². The van der Waals surface area contributed by atoms with Crippen LogP contribution in [0.5, 0.6) is 11.5 Å². The number of ether oxygens (including phenoxy) is 2. The van der Waals surface area contributed by atoms with Crippen LogP contribution in [0.1, 0.15) is 16.8 Å². The number of carbonyl (C=O) groups is 3. The molecule has 0 radical (unpaired) electrons. The number of anilines is 1. The normalized spacial score (nSPS) is 15.9. The lowest BCUT2D eigenvalue weighted by atomic mass is 10.2. The van der Waals surface area contributed by atoms with Gasteiger partial charge in [-0.25, -0.2) is 5.01 Å². The molecule has 1 aliphatic rings. The molecule has 1 heterocycles. The Morgan fingerprint density at radius 3 is 2.07 bits per heavy atom. The first-order valence-electron chi connectivity index (χ1n) is 8.90. The Balaban J connectivity index is 1.87. The van der Waals surface area contributed by atoms with Gasteiger partial charge < -0.3 is 15.2 Å². The van der Waals surface area contributed by atoms with Crippen molar-refractivity contribution in [2.45, 2.75) is 12.5 Å². The van der Waals surface area contributed by atoms with Crippen LogP contribution < -0.4 is 25.5 Å². The Kier molecular flexibility index (Phi) is 6.17. The molecule has 1 saturated heterocycles. The Bertz CT molecular complexity index is 978. The summed E-state index contributed by atoms with van der Waals surface area (Å²) in [6.45, 7) is 0. The molecule has 3 amide bonds. The first kappa shape index (κ1) is 21.1. The number of hydrogen-bond acceptors (Lipinski definition) is 6. The molecule has 3 N–H and O–H groups in total. The Hall–Kier alpha value is -3.66. The van der Waals surface area contributed by atoms with Gasteiger partial charge in [-0.2, -0.15) is 0 Å². The highest BCUT2D eigenvalue weighted by Crippen LogP contribution is 2.27. The summed E-state index contributed by atoms with van der Waals surface area (Å²) >= 11 is 5.43. The predicted octanol–water partition coefficient (Wildman–Crippen LogP) is 1.23. The van der Waals surface area contributed by atoms with Gasteiger partial charge in [0.15, 0.2) is 0 Å². The van der Waals surface area contributed by atoms with Gasteiger partial charge >= 0.3 is 0 Å². The first-order valence-corrected chi connectivity index (χ1v) is 9.31. The van der Waals surface area contributed by atoms with E-state index in [0.717, 1.165) is 0 Å². The maximum Gasteiger partial charge on any atom is 0.269 e. The summed E-state index contributed by atoms with van der Waals surface area (Å²) in [7, 11) is 3.05. The highest BCUT2D eigenvalue weighted by molar-refractivity contribution is 7.80. The number of nitrogens with one attached hydrogen (secondary N) is 1. The van der Waals surface area contributed by atoms with Crippen LogP contribution in [-0.2, 0) is 9.59 Å². The van der Waals surface area contributed by atoms with E-state index in [1.54, 1.807) is 48.5 Å². The molecule has 9 nitrogen and oxygen atoms in total. The van der Waals surface area contributed by atoms with Gasteiger partial charge in [0.1, 0.15) is 17.5 Å². The largest absolute Gasteiger partial charge is 0.497 e. The van der Waals surface area contributed by atoms with Crippen LogP contribution in [0.15, 0.2) is 48.5 Å². The molecule has 156 valence electrons. The fourth-order valence-electron chi connectivity index (χ4n) is 2.97. The Morgan fingerprint density at radius 1 is 1.03 bits per heavy atom. The minimum atomic E-state index is -1.06. The van der Waals surface area contributed by atoms with Crippen molar-refractivity contribution in [1.82, 2.24) is 10.4 Å². The van der Waals surface area contributed by atoms with Gasteiger partial charge in [-0.15, -0.1) is 0 Å². The van der Waals surface area contributed by atoms with Gasteiger partial charge in [0.05, 0.1) is 26.3 Å². The molecule has 1 atom stereocenters. The standard InChI is InChI=1S/C20H20N4O5S/c1-28-14-7-3-12(4-8-14)18(26)22-24-16(11-17(21)25)19(27)23(20(24)30)13-5-9-15(29-2)10-6-13/h3-10,16H,11H2,1-2H3,(H2,21,25)(H,22,26)/t16-/m1/s1. The van der Waals surface area contributed by atoms with E-state index < -0.39 is 23.8 Å². The molecule has 0 unspecified atom stereocenters. The average Bonchev–Trinajstić information content (AvgIpc) is 2.97. The number of nitrogens with two attached hydrogens (primary N) is 1. The predicted molar refractivity (Wildman–Crippen MR) is 113 cm³/mol. The molecule has 0 aromatic heterocycles. The molecule has 0 saturated carbocycles. The smallest absolute Gasteiger partial charge is 0.269 e. The minimum Gasteiger partial charge on any atom is -0.497 e. The fourth-order valence-corrected chi connectivity index (χ4v) is 3.34. The molecule has 2 aromatic carbocycles. The summed E-state index contributed by atoms with van der Waals surface area (Å²) in [5.74, 6) is -0.473. The molecule has 0 aliphatic carbocycles. The number of thiocarbonyl (C=S) groups is 1. The molecule has 1 aliphatic heterocycles. The molecular formula is C20H20N4O5S. The third kappa shape index (κ3) is 4.18. The van der Waals surface area contributed by atoms with Crippen LogP contribution in [0.3, 0.4) is 0 Å². The van der Waals surface area contributed by atoms with Crippen LogP contribution in [0.25, 0.3) is 0 Å². The number of hydrazine groups is 1. The number of methoxy groups -OCH3 is 2. The van der Waals surface area contributed by atoms with E-state index >= 15 is 0 Å². The number of primary amides is 1. The molecule has 2 aromatic rings. The van der Waals surface area contributed by atoms with Crippen molar-refractivity contribution in [3.8, 4) is 11.5 Å². The lowest BCUT2D eigenvalue weighted by Gasteiger charge is -2.24. The molecule has 1 fully saturated rings. The third-order valence-electron chi connectivity index (χ3n) is 4.51. The summed E-state index contributed by atoms with van der Waals surface area (Å²) < 4.78 is 10.2. The molecule has 0 bridgehead atoms. The van der Waals surface area contributed by atoms with E-state index in [0.29, 0.717) is 22.7 Å². The van der Waals surface area contributed by atoms with Gasteiger partial charge in [-0.1, -0.05) is 0 Å². The quantitative estimate of drug-likeness (QED) is 0.638. The second-order valence-electron chi connectivity index (χ2n) is 6.38. The number of rotatable bonds is 7. The number of carbonyl (C=O) groups excluding carboxylic acids is 3. The van der Waals surface area contributed by atoms with Gasteiger partial charge in [-0.3, -0.25) is 24.7 Å². The van der Waals surface area contributed by atoms with E-state index in [9.17, 15) is 14.4 Å². The van der Waals surface area contributed by atoms with Gasteiger partial charge in [0.25, 0.3) is 11.8 Å². The summed E-state index contributed by atoms with van der Waals surface area (Å²) in [5.41, 5.74) is 8.72. The van der Waals surface area contributed by atoms with Gasteiger partial charge in [-0.05, 0) is 60.7 Å². The van der Waals surface area contributed by atoms with E-state index in [2.05, 4.69) is 5.43 Å². The average molecular weight is 428 g/mol. The van der Waals surface area contributed by atoms with Crippen LogP contribution in [0, 0.1) is 0 Å². The van der Waals surface area contributed by atoms with Crippen molar-refractivity contribution in [2.24, 2.45) is 5.73 Å². The number of nitrogens with zero attached hydrogens (tertiary/aromatic N) is 2. The van der Waals surface area contributed by atoms with E-state index in [1.807, 2.05) is 0 Å². The molecule has 30 heavy (non-hydrogen) atoms. The van der Waals surface area contributed by atoms with Crippen molar-refractivity contribution < 1.29 is 23.9 Å². The van der Waals surface area contributed by atoms with E-state index in [1.165, 1.54) is 24.1 Å². The van der Waals surface area contributed by atoms with Crippen LogP contribution in [0.2, 0.25) is 0 Å². The Labute approximate surface area is 178 Å². The second kappa shape index (κ2) is 8.78. The Morgan fingerprint density at radius 2 is 1.57 bits per heavy atom. The van der Waals surface area contributed by atoms with Crippen molar-refractivity contribution in [3.05, 3.63) is 54.1 Å².